The molecule has 2 amide bonds. The van der Waals surface area contributed by atoms with Crippen molar-refractivity contribution in [2.24, 2.45) is 0 Å². The highest BCUT2D eigenvalue weighted by atomic mass is 16.3. The van der Waals surface area contributed by atoms with Gasteiger partial charge in [-0.2, -0.15) is 0 Å². The molecule has 3 aromatic rings. The highest BCUT2D eigenvalue weighted by Gasteiger charge is 2.19. The number of fused-ring (bicyclic) bond motifs is 1. The van der Waals surface area contributed by atoms with Gasteiger partial charge in [-0.1, -0.05) is 12.1 Å². The number of hydrogen-bond donors (Lipinski definition) is 1. The van der Waals surface area contributed by atoms with Crippen LogP contribution in [0.1, 0.15) is 29.1 Å². The van der Waals surface area contributed by atoms with Crippen LogP contribution in [0.15, 0.2) is 59.0 Å². The summed E-state index contributed by atoms with van der Waals surface area (Å²) < 4.78 is 5.54. The predicted molar refractivity (Wildman–Crippen MR) is 103 cm³/mol. The number of rotatable bonds is 4. The van der Waals surface area contributed by atoms with Crippen LogP contribution >= 0.6 is 0 Å². The summed E-state index contributed by atoms with van der Waals surface area (Å²) in [4.78, 5) is 30.6. The number of likely N-dealkylation sites (tertiary alicyclic amines) is 1. The number of benzene rings is 2. The van der Waals surface area contributed by atoms with E-state index in [0.717, 1.165) is 31.4 Å². The molecule has 1 aliphatic rings. The van der Waals surface area contributed by atoms with E-state index in [1.165, 1.54) is 12.2 Å². The van der Waals surface area contributed by atoms with Gasteiger partial charge in [0.15, 0.2) is 5.58 Å². The molecular formula is C21H19N3O3. The quantitative estimate of drug-likeness (QED) is 0.719. The van der Waals surface area contributed by atoms with Crippen LogP contribution in [0.2, 0.25) is 0 Å². The Labute approximate surface area is 156 Å². The van der Waals surface area contributed by atoms with Crippen molar-refractivity contribution >= 4 is 34.7 Å². The third-order valence-corrected chi connectivity index (χ3v) is 4.48. The Morgan fingerprint density at radius 2 is 1.78 bits per heavy atom. The highest BCUT2D eigenvalue weighted by molar-refractivity contribution is 6.02. The van der Waals surface area contributed by atoms with Crippen LogP contribution in [0.4, 0.5) is 5.69 Å². The molecule has 0 bridgehead atoms. The van der Waals surface area contributed by atoms with Gasteiger partial charge in [-0.05, 0) is 49.2 Å². The van der Waals surface area contributed by atoms with Gasteiger partial charge < -0.3 is 14.6 Å². The molecule has 1 saturated heterocycles. The average molecular weight is 361 g/mol. The van der Waals surface area contributed by atoms with E-state index in [4.69, 9.17) is 4.42 Å². The lowest BCUT2D eigenvalue weighted by atomic mass is 10.2. The van der Waals surface area contributed by atoms with Crippen molar-refractivity contribution in [3.63, 3.8) is 0 Å². The maximum atomic E-state index is 12.3. The summed E-state index contributed by atoms with van der Waals surface area (Å²) in [5.41, 5.74) is 2.68. The van der Waals surface area contributed by atoms with Crippen LogP contribution in [-0.4, -0.2) is 34.8 Å². The predicted octanol–water partition coefficient (Wildman–Crippen LogP) is 3.72. The van der Waals surface area contributed by atoms with E-state index in [1.54, 1.807) is 24.3 Å². The number of hydrogen-bond acceptors (Lipinski definition) is 4. The van der Waals surface area contributed by atoms with Gasteiger partial charge in [-0.3, -0.25) is 9.59 Å². The van der Waals surface area contributed by atoms with Gasteiger partial charge >= 0.3 is 0 Å². The zero-order valence-corrected chi connectivity index (χ0v) is 14.7. The first-order chi connectivity index (χ1) is 13.2. The Balaban J connectivity index is 1.38. The number of carbonyl (C=O) groups is 2. The minimum Gasteiger partial charge on any atom is -0.437 e. The smallest absolute Gasteiger partial charge is 0.253 e. The van der Waals surface area contributed by atoms with Crippen LogP contribution in [-0.2, 0) is 4.79 Å². The fourth-order valence-corrected chi connectivity index (χ4v) is 3.09. The van der Waals surface area contributed by atoms with Crippen LogP contribution in [0.5, 0.6) is 0 Å². The number of nitrogens with one attached hydrogen (secondary N) is 1. The minimum absolute atomic E-state index is 0.0428. The van der Waals surface area contributed by atoms with E-state index in [9.17, 15) is 9.59 Å². The Kier molecular flexibility index (Phi) is 4.70. The summed E-state index contributed by atoms with van der Waals surface area (Å²) >= 11 is 0. The molecule has 1 aromatic heterocycles. The number of nitrogens with zero attached hydrogens (tertiary/aromatic N) is 2. The number of carbonyl (C=O) groups excluding carboxylic acids is 2. The fourth-order valence-electron chi connectivity index (χ4n) is 3.09. The van der Waals surface area contributed by atoms with E-state index in [1.807, 2.05) is 29.2 Å². The van der Waals surface area contributed by atoms with E-state index in [2.05, 4.69) is 10.3 Å². The van der Waals surface area contributed by atoms with Gasteiger partial charge in [0.1, 0.15) is 5.52 Å². The fraction of sp³-hybridized carbons (Fsp3) is 0.190. The van der Waals surface area contributed by atoms with E-state index < -0.39 is 0 Å². The number of oxazole rings is 1. The van der Waals surface area contributed by atoms with Crippen molar-refractivity contribution in [3.8, 4) is 0 Å². The van der Waals surface area contributed by atoms with Gasteiger partial charge in [0, 0.05) is 36.5 Å². The molecule has 6 heteroatoms. The van der Waals surface area contributed by atoms with Crippen molar-refractivity contribution in [3.05, 3.63) is 66.1 Å². The van der Waals surface area contributed by atoms with Crippen LogP contribution in [0.3, 0.4) is 0 Å². The van der Waals surface area contributed by atoms with Crippen LogP contribution in [0.25, 0.3) is 17.2 Å². The summed E-state index contributed by atoms with van der Waals surface area (Å²) in [6.45, 7) is 1.63. The SMILES string of the molecule is O=C(/C=C/c1nc2ccccc2o1)Nc1ccc(C(=O)N2CCCC2)cc1. The maximum Gasteiger partial charge on any atom is 0.253 e. The first kappa shape index (κ1) is 17.0. The van der Waals surface area contributed by atoms with Crippen molar-refractivity contribution < 1.29 is 14.0 Å². The van der Waals surface area contributed by atoms with Gasteiger partial charge in [0.05, 0.1) is 0 Å². The lowest BCUT2D eigenvalue weighted by Crippen LogP contribution is -2.27. The van der Waals surface area contributed by atoms with Gasteiger partial charge in [0.25, 0.3) is 5.91 Å². The molecule has 0 unspecified atom stereocenters. The monoisotopic (exact) mass is 361 g/mol. The Morgan fingerprint density at radius 3 is 2.52 bits per heavy atom. The lowest BCUT2D eigenvalue weighted by molar-refractivity contribution is -0.111. The second-order valence-electron chi connectivity index (χ2n) is 6.42. The number of anilines is 1. The molecule has 136 valence electrons. The number of aromatic nitrogens is 1. The summed E-state index contributed by atoms with van der Waals surface area (Å²) in [7, 11) is 0. The van der Waals surface area contributed by atoms with Crippen LogP contribution < -0.4 is 5.32 Å². The molecule has 0 saturated carbocycles. The second kappa shape index (κ2) is 7.45. The second-order valence-corrected chi connectivity index (χ2v) is 6.42. The Hall–Kier alpha value is -3.41. The van der Waals surface area contributed by atoms with Gasteiger partial charge in [-0.25, -0.2) is 4.98 Å². The first-order valence-electron chi connectivity index (χ1n) is 8.93. The van der Waals surface area contributed by atoms with Crippen LogP contribution in [0, 0.1) is 0 Å². The average Bonchev–Trinajstić information content (AvgIpc) is 3.36. The topological polar surface area (TPSA) is 75.4 Å². The highest BCUT2D eigenvalue weighted by Crippen LogP contribution is 2.17. The number of amides is 2. The third kappa shape index (κ3) is 3.89. The molecule has 0 atom stereocenters. The van der Waals surface area contributed by atoms with Gasteiger partial charge in [-0.15, -0.1) is 0 Å². The normalized spacial score (nSPS) is 14.1. The first-order valence-corrected chi connectivity index (χ1v) is 8.93. The molecule has 6 nitrogen and oxygen atoms in total. The summed E-state index contributed by atoms with van der Waals surface area (Å²) in [6, 6.07) is 14.4. The minimum atomic E-state index is -0.295. The van der Waals surface area contributed by atoms with E-state index >= 15 is 0 Å². The van der Waals surface area contributed by atoms with Gasteiger partial charge in [0.2, 0.25) is 11.8 Å². The molecule has 1 fully saturated rings. The summed E-state index contributed by atoms with van der Waals surface area (Å²) in [6.07, 6.45) is 5.02. The van der Waals surface area contributed by atoms with Crippen molar-refractivity contribution in [1.82, 2.24) is 9.88 Å². The third-order valence-electron chi connectivity index (χ3n) is 4.48. The Morgan fingerprint density at radius 1 is 1.04 bits per heavy atom. The Bertz CT molecular complexity index is 966. The maximum absolute atomic E-state index is 12.3. The largest absolute Gasteiger partial charge is 0.437 e. The molecule has 0 radical (unpaired) electrons. The van der Waals surface area contributed by atoms with Crippen molar-refractivity contribution in [1.29, 1.82) is 0 Å². The summed E-state index contributed by atoms with van der Waals surface area (Å²) in [5, 5.41) is 2.76. The van der Waals surface area contributed by atoms with E-state index in [-0.39, 0.29) is 11.8 Å². The molecule has 0 spiro atoms. The molecule has 27 heavy (non-hydrogen) atoms. The lowest BCUT2D eigenvalue weighted by Gasteiger charge is -2.15. The van der Waals surface area contributed by atoms with Crippen molar-refractivity contribution in [2.75, 3.05) is 18.4 Å². The zero-order chi connectivity index (χ0) is 18.6. The molecule has 2 heterocycles. The molecular weight excluding hydrogens is 342 g/mol. The molecule has 1 aliphatic heterocycles. The van der Waals surface area contributed by atoms with Crippen molar-refractivity contribution in [2.45, 2.75) is 12.8 Å². The zero-order valence-electron chi connectivity index (χ0n) is 14.7. The number of para-hydroxylation sites is 2. The molecule has 2 aromatic carbocycles. The standard InChI is InChI=1S/C21H19N3O3/c25-19(11-12-20-23-17-5-1-2-6-18(17)27-20)22-16-9-7-15(8-10-16)21(26)24-13-3-4-14-24/h1-2,5-12H,3-4,13-14H2,(H,22,25)/b12-11+. The molecule has 0 aliphatic carbocycles. The molecule has 4 rings (SSSR count). The summed E-state index contributed by atoms with van der Waals surface area (Å²) in [5.74, 6) is 0.120. The van der Waals surface area contributed by atoms with E-state index in [0.29, 0.717) is 22.7 Å². The molecule has 1 N–H and O–H groups in total.